The van der Waals surface area contributed by atoms with Gasteiger partial charge in [-0.15, -0.1) is 5.10 Å². The fourth-order valence-corrected chi connectivity index (χ4v) is 2.79. The highest BCUT2D eigenvalue weighted by atomic mass is 32.1. The van der Waals surface area contributed by atoms with Gasteiger partial charge in [0, 0.05) is 5.69 Å². The van der Waals surface area contributed by atoms with Crippen molar-refractivity contribution in [2.24, 2.45) is 0 Å². The third-order valence-corrected chi connectivity index (χ3v) is 4.23. The van der Waals surface area contributed by atoms with E-state index in [1.54, 1.807) is 0 Å². The van der Waals surface area contributed by atoms with E-state index >= 15 is 0 Å². The van der Waals surface area contributed by atoms with Crippen LogP contribution in [-0.2, 0) is 6.42 Å². The van der Waals surface area contributed by atoms with Gasteiger partial charge in [0.2, 0.25) is 0 Å². The van der Waals surface area contributed by atoms with E-state index in [2.05, 4.69) is 14.9 Å². The number of nitrogens with one attached hydrogen (secondary N) is 1. The first-order valence-corrected chi connectivity index (χ1v) is 8.40. The molecule has 0 bridgehead atoms. The number of hydrogen-bond acceptors (Lipinski definition) is 5. The van der Waals surface area contributed by atoms with E-state index in [0.717, 1.165) is 23.0 Å². The van der Waals surface area contributed by atoms with Gasteiger partial charge in [0.05, 0.1) is 5.69 Å². The first-order valence-electron chi connectivity index (χ1n) is 7.63. The number of carbonyl (C=O) groups is 1. The van der Waals surface area contributed by atoms with Crippen LogP contribution >= 0.6 is 11.5 Å². The zero-order valence-corrected chi connectivity index (χ0v) is 14.3. The van der Waals surface area contributed by atoms with Crippen molar-refractivity contribution in [1.29, 1.82) is 0 Å². The number of anilines is 1. The normalized spacial score (nSPS) is 10.4. The molecule has 6 heteroatoms. The molecule has 122 valence electrons. The van der Waals surface area contributed by atoms with E-state index in [9.17, 15) is 4.79 Å². The van der Waals surface area contributed by atoms with Crippen molar-refractivity contribution in [2.75, 3.05) is 5.32 Å². The minimum Gasteiger partial charge on any atom is -0.457 e. The number of aromatic nitrogens is 2. The minimum atomic E-state index is -0.186. The number of nitrogens with zero attached hydrogens (tertiary/aromatic N) is 2. The van der Waals surface area contributed by atoms with E-state index in [1.165, 1.54) is 5.56 Å². The summed E-state index contributed by atoms with van der Waals surface area (Å²) in [5.74, 6) is 1.31. The van der Waals surface area contributed by atoms with Crippen molar-refractivity contribution >= 4 is 23.1 Å². The smallest absolute Gasteiger partial charge is 0.269 e. The first-order chi connectivity index (χ1) is 11.7. The van der Waals surface area contributed by atoms with Gasteiger partial charge in [-0.3, -0.25) is 4.79 Å². The Balaban J connectivity index is 1.66. The van der Waals surface area contributed by atoms with Gasteiger partial charge in [0.15, 0.2) is 0 Å². The molecule has 1 aromatic heterocycles. The van der Waals surface area contributed by atoms with Gasteiger partial charge in [-0.2, -0.15) is 0 Å². The summed E-state index contributed by atoms with van der Waals surface area (Å²) < 4.78 is 9.61. The predicted molar refractivity (Wildman–Crippen MR) is 94.9 cm³/mol. The van der Waals surface area contributed by atoms with Crippen LogP contribution in [0.2, 0.25) is 0 Å². The maximum atomic E-state index is 12.3. The molecule has 2 aromatic carbocycles. The molecule has 0 saturated heterocycles. The second-order valence-corrected chi connectivity index (χ2v) is 6.05. The Morgan fingerprint density at radius 2 is 1.71 bits per heavy atom. The Kier molecular flexibility index (Phi) is 4.86. The lowest BCUT2D eigenvalue weighted by molar-refractivity contribution is 0.102. The van der Waals surface area contributed by atoms with Gasteiger partial charge in [0.25, 0.3) is 5.91 Å². The molecule has 3 rings (SSSR count). The average Bonchev–Trinajstić information content (AvgIpc) is 3.07. The third-order valence-electron chi connectivity index (χ3n) is 3.47. The lowest BCUT2D eigenvalue weighted by Gasteiger charge is -2.08. The molecule has 0 fully saturated rings. The second kappa shape index (κ2) is 7.23. The highest BCUT2D eigenvalue weighted by Gasteiger charge is 2.15. The predicted octanol–water partition coefficient (Wildman–Crippen LogP) is 4.45. The summed E-state index contributed by atoms with van der Waals surface area (Å²) in [6, 6.07) is 15.1. The molecule has 0 radical (unpaired) electrons. The van der Waals surface area contributed by atoms with Gasteiger partial charge in [-0.1, -0.05) is 29.1 Å². The largest absolute Gasteiger partial charge is 0.457 e. The summed E-state index contributed by atoms with van der Waals surface area (Å²) in [5, 5.41) is 6.81. The molecule has 0 atom stereocenters. The quantitative estimate of drug-likeness (QED) is 0.746. The second-order valence-electron chi connectivity index (χ2n) is 5.30. The number of ether oxygens (including phenoxy) is 1. The average molecular weight is 339 g/mol. The molecule has 1 amide bonds. The van der Waals surface area contributed by atoms with Crippen molar-refractivity contribution in [1.82, 2.24) is 9.59 Å². The number of rotatable bonds is 5. The number of benzene rings is 2. The maximum Gasteiger partial charge on any atom is 0.269 e. The van der Waals surface area contributed by atoms with E-state index in [0.29, 0.717) is 22.7 Å². The molecule has 0 unspecified atom stereocenters. The summed E-state index contributed by atoms with van der Waals surface area (Å²) in [7, 11) is 0. The van der Waals surface area contributed by atoms with E-state index in [4.69, 9.17) is 4.74 Å². The van der Waals surface area contributed by atoms with Crippen molar-refractivity contribution in [3.05, 3.63) is 64.7 Å². The summed E-state index contributed by atoms with van der Waals surface area (Å²) in [5.41, 5.74) is 2.60. The first kappa shape index (κ1) is 16.1. The molecule has 3 aromatic rings. The van der Waals surface area contributed by atoms with Crippen LogP contribution in [0.3, 0.4) is 0 Å². The number of hydrogen-bond donors (Lipinski definition) is 1. The fourth-order valence-electron chi connectivity index (χ4n) is 2.15. The van der Waals surface area contributed by atoms with Gasteiger partial charge >= 0.3 is 0 Å². The molecule has 1 N–H and O–H groups in total. The summed E-state index contributed by atoms with van der Waals surface area (Å²) in [6.45, 7) is 3.98. The van der Waals surface area contributed by atoms with Crippen LogP contribution in [0.5, 0.6) is 11.5 Å². The van der Waals surface area contributed by atoms with Crippen molar-refractivity contribution in [3.8, 4) is 11.5 Å². The van der Waals surface area contributed by atoms with Crippen molar-refractivity contribution in [2.45, 2.75) is 20.3 Å². The van der Waals surface area contributed by atoms with Crippen LogP contribution in [0, 0.1) is 6.92 Å². The molecule has 24 heavy (non-hydrogen) atoms. The summed E-state index contributed by atoms with van der Waals surface area (Å²) >= 11 is 1.11. The van der Waals surface area contributed by atoms with Crippen LogP contribution in [-0.4, -0.2) is 15.5 Å². The molecule has 0 spiro atoms. The molecule has 0 aliphatic carbocycles. The standard InChI is InChI=1S/C18H17N3O2S/c1-3-16-17(24-21-20-16)18(22)19-13-6-10-15(11-7-13)23-14-8-4-12(2)5-9-14/h4-11H,3H2,1-2H3,(H,19,22). The van der Waals surface area contributed by atoms with Crippen LogP contribution in [0.15, 0.2) is 48.5 Å². The Morgan fingerprint density at radius 3 is 2.33 bits per heavy atom. The lowest BCUT2D eigenvalue weighted by Crippen LogP contribution is -2.12. The molecular formula is C18H17N3O2S. The molecule has 5 nitrogen and oxygen atoms in total. The van der Waals surface area contributed by atoms with Crippen LogP contribution in [0.1, 0.15) is 27.9 Å². The zero-order valence-electron chi connectivity index (χ0n) is 13.4. The SMILES string of the molecule is CCc1nnsc1C(=O)Nc1ccc(Oc2ccc(C)cc2)cc1. The summed E-state index contributed by atoms with van der Waals surface area (Å²) in [6.07, 6.45) is 0.683. The van der Waals surface area contributed by atoms with Gasteiger partial charge < -0.3 is 10.1 Å². The van der Waals surface area contributed by atoms with Crippen LogP contribution in [0.25, 0.3) is 0 Å². The number of aryl methyl sites for hydroxylation is 2. The maximum absolute atomic E-state index is 12.3. The number of carbonyl (C=O) groups excluding carboxylic acids is 1. The molecule has 0 aliphatic rings. The lowest BCUT2D eigenvalue weighted by atomic mass is 10.2. The third kappa shape index (κ3) is 3.78. The minimum absolute atomic E-state index is 0.186. The molecular weight excluding hydrogens is 322 g/mol. The molecule has 0 aliphatic heterocycles. The fraction of sp³-hybridized carbons (Fsp3) is 0.167. The Hall–Kier alpha value is -2.73. The number of amides is 1. The Labute approximate surface area is 144 Å². The van der Waals surface area contributed by atoms with E-state index in [1.807, 2.05) is 62.4 Å². The monoisotopic (exact) mass is 339 g/mol. The topological polar surface area (TPSA) is 64.1 Å². The molecule has 0 saturated carbocycles. The van der Waals surface area contributed by atoms with Gasteiger partial charge in [-0.05, 0) is 61.3 Å². The zero-order chi connectivity index (χ0) is 16.9. The van der Waals surface area contributed by atoms with Crippen LogP contribution in [0.4, 0.5) is 5.69 Å². The highest BCUT2D eigenvalue weighted by Crippen LogP contribution is 2.24. The van der Waals surface area contributed by atoms with Gasteiger partial charge in [0.1, 0.15) is 16.4 Å². The van der Waals surface area contributed by atoms with Crippen LogP contribution < -0.4 is 10.1 Å². The van der Waals surface area contributed by atoms with E-state index in [-0.39, 0.29) is 5.91 Å². The van der Waals surface area contributed by atoms with E-state index < -0.39 is 0 Å². The van der Waals surface area contributed by atoms with Gasteiger partial charge in [-0.25, -0.2) is 0 Å². The highest BCUT2D eigenvalue weighted by molar-refractivity contribution is 7.08. The van der Waals surface area contributed by atoms with Crippen molar-refractivity contribution in [3.63, 3.8) is 0 Å². The Morgan fingerprint density at radius 1 is 1.08 bits per heavy atom. The Bertz CT molecular complexity index is 826. The molecule has 1 heterocycles. The summed E-state index contributed by atoms with van der Waals surface area (Å²) in [4.78, 5) is 12.8. The van der Waals surface area contributed by atoms with Crippen molar-refractivity contribution < 1.29 is 9.53 Å².